The molecule has 126 valence electrons. The van der Waals surface area contributed by atoms with Crippen molar-refractivity contribution in [1.29, 1.82) is 0 Å². The van der Waals surface area contributed by atoms with Crippen LogP contribution in [-0.2, 0) is 10.0 Å². The number of hydrogen-bond donors (Lipinski definition) is 0. The minimum Gasteiger partial charge on any atom is -0.293 e. The van der Waals surface area contributed by atoms with Gasteiger partial charge >= 0.3 is 0 Å². The van der Waals surface area contributed by atoms with Gasteiger partial charge in [0.15, 0.2) is 0 Å². The summed E-state index contributed by atoms with van der Waals surface area (Å²) in [5.41, 5.74) is -0.120. The summed E-state index contributed by atoms with van der Waals surface area (Å²) in [5.74, 6) is -0.679. The normalized spacial score (nSPS) is 26.7. The minimum atomic E-state index is -3.79. The summed E-state index contributed by atoms with van der Waals surface area (Å²) in [5, 5.41) is 0. The highest BCUT2D eigenvalue weighted by Crippen LogP contribution is 2.38. The van der Waals surface area contributed by atoms with Crippen LogP contribution in [0.2, 0.25) is 0 Å². The lowest BCUT2D eigenvalue weighted by Gasteiger charge is -2.45. The van der Waals surface area contributed by atoms with Crippen molar-refractivity contribution in [2.45, 2.75) is 36.1 Å². The molecule has 2 aliphatic heterocycles. The summed E-state index contributed by atoms with van der Waals surface area (Å²) in [7, 11) is -3.79. The SMILES string of the molecule is C=CCN1CCC[C@@]12CCCN(S(=O)(=O)c1ccccc1F)C2. The van der Waals surface area contributed by atoms with Crippen molar-refractivity contribution in [3.63, 3.8) is 0 Å². The van der Waals surface area contributed by atoms with Crippen molar-refractivity contribution in [2.75, 3.05) is 26.2 Å². The Kier molecular flexibility index (Phi) is 4.58. The summed E-state index contributed by atoms with van der Waals surface area (Å²) in [6.45, 7) is 6.45. The van der Waals surface area contributed by atoms with Crippen LogP contribution in [-0.4, -0.2) is 49.3 Å². The highest BCUT2D eigenvalue weighted by atomic mass is 32.2. The second-order valence-corrected chi connectivity index (χ2v) is 8.34. The summed E-state index contributed by atoms with van der Waals surface area (Å²) >= 11 is 0. The second kappa shape index (κ2) is 6.34. The Hall–Kier alpha value is -1.24. The molecule has 1 aromatic rings. The molecule has 1 spiro atoms. The second-order valence-electron chi connectivity index (χ2n) is 6.44. The molecule has 0 N–H and O–H groups in total. The van der Waals surface area contributed by atoms with Crippen LogP contribution in [0.25, 0.3) is 0 Å². The number of likely N-dealkylation sites (tertiary alicyclic amines) is 1. The van der Waals surface area contributed by atoms with Crippen molar-refractivity contribution in [3.05, 3.63) is 42.7 Å². The molecule has 0 aliphatic carbocycles. The molecular weight excluding hydrogens is 315 g/mol. The van der Waals surface area contributed by atoms with E-state index in [1.807, 2.05) is 6.08 Å². The summed E-state index contributed by atoms with van der Waals surface area (Å²) in [4.78, 5) is 2.12. The molecule has 2 saturated heterocycles. The lowest BCUT2D eigenvalue weighted by atomic mass is 9.87. The van der Waals surface area contributed by atoms with E-state index >= 15 is 0 Å². The molecule has 3 rings (SSSR count). The van der Waals surface area contributed by atoms with Gasteiger partial charge in [0.1, 0.15) is 10.7 Å². The van der Waals surface area contributed by atoms with Gasteiger partial charge in [0.2, 0.25) is 10.0 Å². The molecule has 0 saturated carbocycles. The maximum absolute atomic E-state index is 14.0. The molecule has 23 heavy (non-hydrogen) atoms. The first-order valence-corrected chi connectivity index (χ1v) is 9.54. The zero-order valence-corrected chi connectivity index (χ0v) is 14.1. The molecule has 0 aromatic heterocycles. The van der Waals surface area contributed by atoms with Gasteiger partial charge in [-0.3, -0.25) is 4.90 Å². The van der Waals surface area contributed by atoms with Crippen LogP contribution < -0.4 is 0 Å². The lowest BCUT2D eigenvalue weighted by molar-refractivity contribution is 0.0840. The Morgan fingerprint density at radius 2 is 1.91 bits per heavy atom. The predicted molar refractivity (Wildman–Crippen MR) is 88.1 cm³/mol. The van der Waals surface area contributed by atoms with Crippen molar-refractivity contribution < 1.29 is 12.8 Å². The van der Waals surface area contributed by atoms with Crippen LogP contribution in [0.5, 0.6) is 0 Å². The monoisotopic (exact) mass is 338 g/mol. The Labute approximate surface area is 137 Å². The number of benzene rings is 1. The largest absolute Gasteiger partial charge is 0.293 e. The molecule has 2 fully saturated rings. The van der Waals surface area contributed by atoms with E-state index in [0.29, 0.717) is 13.1 Å². The summed E-state index contributed by atoms with van der Waals surface area (Å²) in [6.07, 6.45) is 5.73. The molecule has 2 aliphatic rings. The Morgan fingerprint density at radius 3 is 2.61 bits per heavy atom. The van der Waals surface area contributed by atoms with Gasteiger partial charge in [-0.25, -0.2) is 12.8 Å². The average Bonchev–Trinajstić information content (AvgIpc) is 2.90. The molecule has 1 atom stereocenters. The third-order valence-corrected chi connectivity index (χ3v) is 6.94. The predicted octanol–water partition coefficient (Wildman–Crippen LogP) is 2.63. The van der Waals surface area contributed by atoms with Gasteiger partial charge in [0, 0.05) is 25.2 Å². The quantitative estimate of drug-likeness (QED) is 0.793. The fourth-order valence-corrected chi connectivity index (χ4v) is 5.59. The van der Waals surface area contributed by atoms with Crippen molar-refractivity contribution in [2.24, 2.45) is 0 Å². The Morgan fingerprint density at radius 1 is 1.22 bits per heavy atom. The lowest BCUT2D eigenvalue weighted by Crippen LogP contribution is -2.56. The van der Waals surface area contributed by atoms with Crippen LogP contribution in [0, 0.1) is 5.82 Å². The van der Waals surface area contributed by atoms with E-state index in [4.69, 9.17) is 0 Å². The third-order valence-electron chi connectivity index (χ3n) is 5.07. The van der Waals surface area contributed by atoms with E-state index in [9.17, 15) is 12.8 Å². The standard InChI is InChI=1S/C17H23FN2O2S/c1-2-11-19-12-5-9-17(19)10-6-13-20(14-17)23(21,22)16-8-4-3-7-15(16)18/h2-4,7-8H,1,5-6,9-14H2/t17-/m0/s1. The maximum Gasteiger partial charge on any atom is 0.246 e. The van der Waals surface area contributed by atoms with Gasteiger partial charge in [-0.05, 0) is 44.4 Å². The molecule has 0 amide bonds. The zero-order valence-electron chi connectivity index (χ0n) is 13.2. The number of halogens is 1. The van der Waals surface area contributed by atoms with Crippen LogP contribution in [0.3, 0.4) is 0 Å². The number of piperidine rings is 1. The first-order chi connectivity index (χ1) is 11.0. The fourth-order valence-electron chi connectivity index (χ4n) is 3.97. The van der Waals surface area contributed by atoms with E-state index in [-0.39, 0.29) is 10.4 Å². The Bertz CT molecular complexity index is 692. The molecule has 0 bridgehead atoms. The molecular formula is C17H23FN2O2S. The van der Waals surface area contributed by atoms with Crippen molar-refractivity contribution in [1.82, 2.24) is 9.21 Å². The summed E-state index contributed by atoms with van der Waals surface area (Å²) in [6, 6.07) is 5.62. The van der Waals surface area contributed by atoms with E-state index in [2.05, 4.69) is 11.5 Å². The molecule has 1 aromatic carbocycles. The highest BCUT2D eigenvalue weighted by molar-refractivity contribution is 7.89. The van der Waals surface area contributed by atoms with E-state index in [1.165, 1.54) is 22.5 Å². The maximum atomic E-state index is 14.0. The average molecular weight is 338 g/mol. The van der Waals surface area contributed by atoms with Gasteiger partial charge in [-0.2, -0.15) is 4.31 Å². The van der Waals surface area contributed by atoms with Gasteiger partial charge in [-0.15, -0.1) is 6.58 Å². The van der Waals surface area contributed by atoms with E-state index < -0.39 is 15.8 Å². The van der Waals surface area contributed by atoms with Gasteiger partial charge in [0.05, 0.1) is 0 Å². The number of hydrogen-bond acceptors (Lipinski definition) is 3. The molecule has 0 unspecified atom stereocenters. The molecule has 2 heterocycles. The number of nitrogens with zero attached hydrogens (tertiary/aromatic N) is 2. The highest BCUT2D eigenvalue weighted by Gasteiger charge is 2.46. The van der Waals surface area contributed by atoms with Gasteiger partial charge in [-0.1, -0.05) is 18.2 Å². The summed E-state index contributed by atoms with van der Waals surface area (Å²) < 4.78 is 41.2. The van der Waals surface area contributed by atoms with E-state index in [0.717, 1.165) is 38.8 Å². The van der Waals surface area contributed by atoms with Crippen LogP contribution in [0.4, 0.5) is 4.39 Å². The first kappa shape index (κ1) is 16.6. The van der Waals surface area contributed by atoms with E-state index in [1.54, 1.807) is 6.07 Å². The Balaban J connectivity index is 1.89. The number of sulfonamides is 1. The van der Waals surface area contributed by atoms with Crippen molar-refractivity contribution >= 4 is 10.0 Å². The first-order valence-electron chi connectivity index (χ1n) is 8.10. The molecule has 4 nitrogen and oxygen atoms in total. The fraction of sp³-hybridized carbons (Fsp3) is 0.529. The number of rotatable bonds is 4. The minimum absolute atomic E-state index is 0.120. The van der Waals surface area contributed by atoms with Crippen molar-refractivity contribution in [3.8, 4) is 0 Å². The molecule has 0 radical (unpaired) electrons. The van der Waals surface area contributed by atoms with Crippen LogP contribution in [0.1, 0.15) is 25.7 Å². The zero-order chi connectivity index (χ0) is 16.5. The van der Waals surface area contributed by atoms with Gasteiger partial charge in [0.25, 0.3) is 0 Å². The van der Waals surface area contributed by atoms with Crippen LogP contribution >= 0.6 is 0 Å². The van der Waals surface area contributed by atoms with Gasteiger partial charge < -0.3 is 0 Å². The smallest absolute Gasteiger partial charge is 0.246 e. The topological polar surface area (TPSA) is 40.6 Å². The van der Waals surface area contributed by atoms with Crippen LogP contribution in [0.15, 0.2) is 41.8 Å². The molecule has 6 heteroatoms. The third kappa shape index (κ3) is 2.95.